The van der Waals surface area contributed by atoms with Crippen molar-refractivity contribution in [3.8, 4) is 0 Å². The van der Waals surface area contributed by atoms with Crippen molar-refractivity contribution in [2.75, 3.05) is 19.6 Å². The molecule has 1 aliphatic heterocycles. The van der Waals surface area contributed by atoms with Gasteiger partial charge >= 0.3 is 0 Å². The Morgan fingerprint density at radius 2 is 2.10 bits per heavy atom. The minimum Gasteiger partial charge on any atom is -0.349 e. The molecule has 0 atom stereocenters. The van der Waals surface area contributed by atoms with E-state index in [-0.39, 0.29) is 5.91 Å². The van der Waals surface area contributed by atoms with Gasteiger partial charge in [-0.3, -0.25) is 4.79 Å². The first-order valence-electron chi connectivity index (χ1n) is 7.40. The van der Waals surface area contributed by atoms with Gasteiger partial charge in [-0.2, -0.15) is 0 Å². The number of likely N-dealkylation sites (tertiary alicyclic amines) is 1. The van der Waals surface area contributed by atoms with E-state index in [1.165, 1.54) is 13.0 Å². The Morgan fingerprint density at radius 3 is 2.75 bits per heavy atom. The molecule has 0 spiro atoms. The van der Waals surface area contributed by atoms with Crippen LogP contribution in [0.1, 0.15) is 42.1 Å². The lowest BCUT2D eigenvalue weighted by Gasteiger charge is -2.32. The minimum atomic E-state index is 0.0366. The second-order valence-corrected chi connectivity index (χ2v) is 6.32. The zero-order chi connectivity index (χ0) is 14.5. The van der Waals surface area contributed by atoms with Crippen LogP contribution in [0, 0.1) is 6.92 Å². The Hall–Kier alpha value is -0.870. The van der Waals surface area contributed by atoms with E-state index in [4.69, 9.17) is 0 Å². The molecule has 0 aliphatic carbocycles. The van der Waals surface area contributed by atoms with Crippen LogP contribution in [0.4, 0.5) is 0 Å². The predicted octanol–water partition coefficient (Wildman–Crippen LogP) is 3.36. The summed E-state index contributed by atoms with van der Waals surface area (Å²) >= 11 is 3.51. The van der Waals surface area contributed by atoms with E-state index in [2.05, 4.69) is 33.1 Å². The highest BCUT2D eigenvalue weighted by atomic mass is 79.9. The SMILES string of the molecule is CCCN1CCC(NC(=O)c2cccc(C)c2Br)CC1. The number of hydrogen-bond donors (Lipinski definition) is 1. The molecule has 0 bridgehead atoms. The number of benzene rings is 1. The largest absolute Gasteiger partial charge is 0.349 e. The molecule has 0 aromatic heterocycles. The molecule has 3 nitrogen and oxygen atoms in total. The number of carbonyl (C=O) groups is 1. The maximum atomic E-state index is 12.3. The Labute approximate surface area is 129 Å². The lowest BCUT2D eigenvalue weighted by molar-refractivity contribution is 0.0910. The summed E-state index contributed by atoms with van der Waals surface area (Å²) in [5.74, 6) is 0.0366. The van der Waals surface area contributed by atoms with Crippen molar-refractivity contribution < 1.29 is 4.79 Å². The van der Waals surface area contributed by atoms with Crippen molar-refractivity contribution in [2.45, 2.75) is 39.2 Å². The number of piperidine rings is 1. The molecule has 1 aromatic rings. The molecule has 20 heavy (non-hydrogen) atoms. The summed E-state index contributed by atoms with van der Waals surface area (Å²) < 4.78 is 0.904. The summed E-state index contributed by atoms with van der Waals surface area (Å²) in [5.41, 5.74) is 1.83. The number of rotatable bonds is 4. The van der Waals surface area contributed by atoms with E-state index in [1.54, 1.807) is 0 Å². The fraction of sp³-hybridized carbons (Fsp3) is 0.562. The third-order valence-electron chi connectivity index (χ3n) is 3.90. The minimum absolute atomic E-state index is 0.0366. The molecule has 1 N–H and O–H groups in total. The summed E-state index contributed by atoms with van der Waals surface area (Å²) in [6.07, 6.45) is 3.30. The van der Waals surface area contributed by atoms with Crippen molar-refractivity contribution in [3.05, 3.63) is 33.8 Å². The van der Waals surface area contributed by atoms with Crippen molar-refractivity contribution >= 4 is 21.8 Å². The summed E-state index contributed by atoms with van der Waals surface area (Å²) in [6, 6.07) is 6.12. The van der Waals surface area contributed by atoms with E-state index in [9.17, 15) is 4.79 Å². The van der Waals surface area contributed by atoms with Crippen LogP contribution in [0.5, 0.6) is 0 Å². The zero-order valence-corrected chi connectivity index (χ0v) is 13.9. The Kier molecular flexibility index (Phi) is 5.61. The number of amides is 1. The first-order chi connectivity index (χ1) is 9.61. The number of halogens is 1. The fourth-order valence-corrected chi connectivity index (χ4v) is 3.15. The van der Waals surface area contributed by atoms with Crippen molar-refractivity contribution in [3.63, 3.8) is 0 Å². The molecule has 0 unspecified atom stereocenters. The Balaban J connectivity index is 1.91. The van der Waals surface area contributed by atoms with E-state index in [0.29, 0.717) is 6.04 Å². The van der Waals surface area contributed by atoms with Gasteiger partial charge in [0.15, 0.2) is 0 Å². The summed E-state index contributed by atoms with van der Waals surface area (Å²) in [7, 11) is 0. The summed E-state index contributed by atoms with van der Waals surface area (Å²) in [4.78, 5) is 14.8. The number of nitrogens with zero attached hydrogens (tertiary/aromatic N) is 1. The van der Waals surface area contributed by atoms with Crippen molar-refractivity contribution in [1.82, 2.24) is 10.2 Å². The van der Waals surface area contributed by atoms with Crippen LogP contribution in [0.15, 0.2) is 22.7 Å². The van der Waals surface area contributed by atoms with Crippen LogP contribution >= 0.6 is 15.9 Å². The maximum Gasteiger partial charge on any atom is 0.252 e. The van der Waals surface area contributed by atoms with Gasteiger partial charge in [0, 0.05) is 23.6 Å². The van der Waals surface area contributed by atoms with Crippen molar-refractivity contribution in [2.24, 2.45) is 0 Å². The van der Waals surface area contributed by atoms with Crippen LogP contribution in [-0.4, -0.2) is 36.5 Å². The molecule has 0 radical (unpaired) electrons. The molecule has 4 heteroatoms. The number of aryl methyl sites for hydroxylation is 1. The normalized spacial score (nSPS) is 17.1. The average Bonchev–Trinajstić information content (AvgIpc) is 2.44. The standard InChI is InChI=1S/C16H23BrN2O/c1-3-9-19-10-7-13(8-11-19)18-16(20)14-6-4-5-12(2)15(14)17/h4-6,13H,3,7-11H2,1-2H3,(H,18,20). The molecule has 1 heterocycles. The van der Waals surface area contributed by atoms with E-state index in [1.807, 2.05) is 25.1 Å². The van der Waals surface area contributed by atoms with Gasteiger partial charge < -0.3 is 10.2 Å². The van der Waals surface area contributed by atoms with Crippen LogP contribution in [0.2, 0.25) is 0 Å². The molecule has 2 rings (SSSR count). The highest BCUT2D eigenvalue weighted by Crippen LogP contribution is 2.21. The molecule has 1 saturated heterocycles. The van der Waals surface area contributed by atoms with Crippen LogP contribution in [0.3, 0.4) is 0 Å². The first kappa shape index (κ1) is 15.5. The second kappa shape index (κ2) is 7.23. The Bertz CT molecular complexity index is 468. The lowest BCUT2D eigenvalue weighted by atomic mass is 10.0. The van der Waals surface area contributed by atoms with Crippen LogP contribution < -0.4 is 5.32 Å². The summed E-state index contributed by atoms with van der Waals surface area (Å²) in [6.45, 7) is 7.57. The van der Waals surface area contributed by atoms with Crippen molar-refractivity contribution in [1.29, 1.82) is 0 Å². The lowest BCUT2D eigenvalue weighted by Crippen LogP contribution is -2.44. The molecule has 1 aromatic carbocycles. The van der Waals surface area contributed by atoms with E-state index >= 15 is 0 Å². The van der Waals surface area contributed by atoms with Gasteiger partial charge in [0.25, 0.3) is 5.91 Å². The predicted molar refractivity (Wildman–Crippen MR) is 86.1 cm³/mol. The van der Waals surface area contributed by atoms with Gasteiger partial charge in [0.2, 0.25) is 0 Å². The molecule has 0 saturated carbocycles. The number of nitrogens with one attached hydrogen (secondary N) is 1. The molecule has 110 valence electrons. The fourth-order valence-electron chi connectivity index (χ4n) is 2.70. The Morgan fingerprint density at radius 1 is 1.40 bits per heavy atom. The monoisotopic (exact) mass is 338 g/mol. The van der Waals surface area contributed by atoms with Gasteiger partial charge in [0.05, 0.1) is 5.56 Å². The average molecular weight is 339 g/mol. The number of carbonyl (C=O) groups excluding carboxylic acids is 1. The highest BCUT2D eigenvalue weighted by molar-refractivity contribution is 9.10. The topological polar surface area (TPSA) is 32.3 Å². The molecular formula is C16H23BrN2O. The van der Waals surface area contributed by atoms with Gasteiger partial charge in [-0.05, 0) is 60.3 Å². The van der Waals surface area contributed by atoms with E-state index in [0.717, 1.165) is 41.5 Å². The first-order valence-corrected chi connectivity index (χ1v) is 8.19. The van der Waals surface area contributed by atoms with Crippen LogP contribution in [-0.2, 0) is 0 Å². The third kappa shape index (κ3) is 3.83. The van der Waals surface area contributed by atoms with Gasteiger partial charge in [-0.25, -0.2) is 0 Å². The third-order valence-corrected chi connectivity index (χ3v) is 4.95. The highest BCUT2D eigenvalue weighted by Gasteiger charge is 2.21. The molecule has 1 amide bonds. The second-order valence-electron chi connectivity index (χ2n) is 5.53. The maximum absolute atomic E-state index is 12.3. The van der Waals surface area contributed by atoms with Gasteiger partial charge in [-0.15, -0.1) is 0 Å². The van der Waals surface area contributed by atoms with Gasteiger partial charge in [0.1, 0.15) is 0 Å². The quantitative estimate of drug-likeness (QED) is 0.912. The van der Waals surface area contributed by atoms with E-state index < -0.39 is 0 Å². The summed E-state index contributed by atoms with van der Waals surface area (Å²) in [5, 5.41) is 3.17. The zero-order valence-electron chi connectivity index (χ0n) is 12.3. The smallest absolute Gasteiger partial charge is 0.252 e. The van der Waals surface area contributed by atoms with Crippen LogP contribution in [0.25, 0.3) is 0 Å². The number of hydrogen-bond acceptors (Lipinski definition) is 2. The molecule has 1 aliphatic rings. The molecular weight excluding hydrogens is 316 g/mol. The molecule has 1 fully saturated rings. The van der Waals surface area contributed by atoms with Gasteiger partial charge in [-0.1, -0.05) is 19.1 Å².